The van der Waals surface area contributed by atoms with Gasteiger partial charge in [-0.2, -0.15) is 10.1 Å². The number of rotatable bonds is 3. The van der Waals surface area contributed by atoms with Gasteiger partial charge in [0.25, 0.3) is 0 Å². The highest BCUT2D eigenvalue weighted by Gasteiger charge is 2.03. The third-order valence-electron chi connectivity index (χ3n) is 2.36. The molecule has 0 atom stereocenters. The zero-order valence-corrected chi connectivity index (χ0v) is 9.41. The van der Waals surface area contributed by atoms with Crippen molar-refractivity contribution in [1.29, 1.82) is 0 Å². The number of anilines is 2. The third-order valence-corrected chi connectivity index (χ3v) is 2.36. The maximum atomic E-state index is 4.34. The first-order chi connectivity index (χ1) is 8.92. The molecule has 0 radical (unpaired) electrons. The number of aromatic amines is 1. The summed E-state index contributed by atoms with van der Waals surface area (Å²) < 4.78 is 0. The molecule has 0 unspecified atom stereocenters. The van der Waals surface area contributed by atoms with E-state index in [4.69, 9.17) is 0 Å². The molecule has 0 saturated carbocycles. The van der Waals surface area contributed by atoms with Crippen molar-refractivity contribution in [2.45, 2.75) is 0 Å². The van der Waals surface area contributed by atoms with Crippen molar-refractivity contribution in [3.63, 3.8) is 0 Å². The van der Waals surface area contributed by atoms with E-state index in [1.807, 2.05) is 30.3 Å². The van der Waals surface area contributed by atoms with Crippen LogP contribution < -0.4 is 5.32 Å². The number of hydrogen-bond donors (Lipinski definition) is 2. The molecule has 0 spiro atoms. The number of nitrogens with one attached hydrogen (secondary N) is 2. The summed E-state index contributed by atoms with van der Waals surface area (Å²) >= 11 is 0. The number of aromatic nitrogens is 5. The van der Waals surface area contributed by atoms with Crippen LogP contribution in [0.2, 0.25) is 0 Å². The van der Waals surface area contributed by atoms with Crippen molar-refractivity contribution in [3.8, 4) is 11.4 Å². The monoisotopic (exact) mass is 238 g/mol. The van der Waals surface area contributed by atoms with E-state index in [9.17, 15) is 0 Å². The van der Waals surface area contributed by atoms with Gasteiger partial charge in [0.15, 0.2) is 5.82 Å². The molecule has 0 saturated heterocycles. The quantitative estimate of drug-likeness (QED) is 0.729. The predicted molar refractivity (Wildman–Crippen MR) is 67.1 cm³/mol. The molecule has 2 aromatic heterocycles. The lowest BCUT2D eigenvalue weighted by Gasteiger charge is -2.03. The van der Waals surface area contributed by atoms with Gasteiger partial charge in [0.2, 0.25) is 5.95 Å². The van der Waals surface area contributed by atoms with Crippen LogP contribution in [-0.4, -0.2) is 25.1 Å². The Labute approximate surface area is 103 Å². The van der Waals surface area contributed by atoms with E-state index >= 15 is 0 Å². The summed E-state index contributed by atoms with van der Waals surface area (Å²) in [5.74, 6) is 1.13. The molecule has 3 rings (SSSR count). The largest absolute Gasteiger partial charge is 0.321 e. The molecule has 6 nitrogen and oxygen atoms in total. The van der Waals surface area contributed by atoms with E-state index in [1.165, 1.54) is 6.33 Å². The lowest BCUT2D eigenvalue weighted by Crippen LogP contribution is -1.99. The van der Waals surface area contributed by atoms with Gasteiger partial charge in [-0.25, -0.2) is 9.97 Å². The third kappa shape index (κ3) is 2.17. The summed E-state index contributed by atoms with van der Waals surface area (Å²) in [7, 11) is 0. The first kappa shape index (κ1) is 10.4. The normalized spacial score (nSPS) is 10.2. The molecule has 3 aromatic rings. The van der Waals surface area contributed by atoms with Crippen LogP contribution in [0.1, 0.15) is 0 Å². The minimum absolute atomic E-state index is 0.491. The fourth-order valence-corrected chi connectivity index (χ4v) is 1.53. The lowest BCUT2D eigenvalue weighted by atomic mass is 10.2. The van der Waals surface area contributed by atoms with Crippen LogP contribution >= 0.6 is 0 Å². The summed E-state index contributed by atoms with van der Waals surface area (Å²) in [6.07, 6.45) is 4.87. The van der Waals surface area contributed by atoms with E-state index in [2.05, 4.69) is 30.5 Å². The molecule has 0 aliphatic rings. The number of nitrogens with zero attached hydrogens (tertiary/aromatic N) is 4. The molecule has 6 heteroatoms. The molecule has 88 valence electrons. The van der Waals surface area contributed by atoms with Gasteiger partial charge in [0, 0.05) is 11.8 Å². The average Bonchev–Trinajstić information content (AvgIpc) is 2.93. The number of H-pyrrole nitrogens is 1. The first-order valence-electron chi connectivity index (χ1n) is 5.42. The molecule has 2 N–H and O–H groups in total. The van der Waals surface area contributed by atoms with Crippen molar-refractivity contribution >= 4 is 11.6 Å². The Kier molecular flexibility index (Phi) is 2.67. The van der Waals surface area contributed by atoms with Crippen molar-refractivity contribution in [2.24, 2.45) is 0 Å². The van der Waals surface area contributed by atoms with Crippen molar-refractivity contribution in [3.05, 3.63) is 49.1 Å². The molecule has 0 fully saturated rings. The van der Waals surface area contributed by atoms with Crippen LogP contribution in [-0.2, 0) is 0 Å². The smallest absolute Gasteiger partial charge is 0.230 e. The Morgan fingerprint density at radius 3 is 2.72 bits per heavy atom. The fourth-order valence-electron chi connectivity index (χ4n) is 1.53. The number of benzene rings is 1. The molecule has 18 heavy (non-hydrogen) atoms. The van der Waals surface area contributed by atoms with E-state index in [1.54, 1.807) is 12.4 Å². The Morgan fingerprint density at radius 2 is 1.94 bits per heavy atom. The molecule has 0 aliphatic heterocycles. The highest BCUT2D eigenvalue weighted by molar-refractivity contribution is 5.57. The van der Waals surface area contributed by atoms with Gasteiger partial charge < -0.3 is 5.32 Å². The summed E-state index contributed by atoms with van der Waals surface area (Å²) in [6, 6.07) is 9.76. The van der Waals surface area contributed by atoms with E-state index < -0.39 is 0 Å². The molecule has 2 heterocycles. The Balaban J connectivity index is 1.90. The predicted octanol–water partition coefficient (Wildman–Crippen LogP) is 2.01. The summed E-state index contributed by atoms with van der Waals surface area (Å²) in [4.78, 5) is 12.6. The highest BCUT2D eigenvalue weighted by atomic mass is 15.2. The average molecular weight is 238 g/mol. The van der Waals surface area contributed by atoms with E-state index in [-0.39, 0.29) is 0 Å². The zero-order chi connectivity index (χ0) is 12.2. The van der Waals surface area contributed by atoms with Gasteiger partial charge in [-0.1, -0.05) is 30.3 Å². The molecular weight excluding hydrogens is 228 g/mol. The topological polar surface area (TPSA) is 79.4 Å². The summed E-state index contributed by atoms with van der Waals surface area (Å²) in [5, 5.41) is 9.59. The Morgan fingerprint density at radius 1 is 1.06 bits per heavy atom. The molecule has 1 aromatic carbocycles. The van der Waals surface area contributed by atoms with Gasteiger partial charge in [-0.3, -0.25) is 5.10 Å². The van der Waals surface area contributed by atoms with Gasteiger partial charge >= 0.3 is 0 Å². The maximum absolute atomic E-state index is 4.34. The molecular formula is C12H10N6. The van der Waals surface area contributed by atoms with Crippen LogP contribution in [0.4, 0.5) is 11.6 Å². The van der Waals surface area contributed by atoms with Gasteiger partial charge in [0.1, 0.15) is 6.33 Å². The minimum Gasteiger partial charge on any atom is -0.321 e. The van der Waals surface area contributed by atoms with Gasteiger partial charge in [-0.15, -0.1) is 0 Å². The zero-order valence-electron chi connectivity index (χ0n) is 9.41. The van der Waals surface area contributed by atoms with Crippen LogP contribution in [0.15, 0.2) is 49.1 Å². The second kappa shape index (κ2) is 4.62. The van der Waals surface area contributed by atoms with Gasteiger partial charge in [0.05, 0.1) is 11.9 Å². The standard InChI is InChI=1S/C12H10N6/c1-2-4-9(5-3-1)11-13-8-14-12(18-11)17-10-6-15-16-7-10/h1-8H,(H,15,16)(H,13,14,17,18). The van der Waals surface area contributed by atoms with Crippen LogP contribution in [0.3, 0.4) is 0 Å². The minimum atomic E-state index is 0.491. The fraction of sp³-hybridized carbons (Fsp3) is 0. The second-order valence-corrected chi connectivity index (χ2v) is 3.61. The number of hydrogen-bond acceptors (Lipinski definition) is 5. The van der Waals surface area contributed by atoms with E-state index in [0.717, 1.165) is 11.3 Å². The van der Waals surface area contributed by atoms with Gasteiger partial charge in [-0.05, 0) is 0 Å². The molecule has 0 amide bonds. The Hall–Kier alpha value is -2.76. The molecule has 0 bridgehead atoms. The SMILES string of the molecule is c1ccc(-c2ncnc(Nc3cn[nH]c3)n2)cc1. The first-order valence-corrected chi connectivity index (χ1v) is 5.42. The van der Waals surface area contributed by atoms with Crippen LogP contribution in [0.25, 0.3) is 11.4 Å². The highest BCUT2D eigenvalue weighted by Crippen LogP contribution is 2.15. The van der Waals surface area contributed by atoms with E-state index in [0.29, 0.717) is 11.8 Å². The second-order valence-electron chi connectivity index (χ2n) is 3.61. The van der Waals surface area contributed by atoms with Crippen molar-refractivity contribution in [2.75, 3.05) is 5.32 Å². The van der Waals surface area contributed by atoms with Crippen LogP contribution in [0.5, 0.6) is 0 Å². The van der Waals surface area contributed by atoms with Crippen molar-refractivity contribution in [1.82, 2.24) is 25.1 Å². The van der Waals surface area contributed by atoms with Crippen LogP contribution in [0, 0.1) is 0 Å². The Bertz CT molecular complexity index is 620. The van der Waals surface area contributed by atoms with Crippen molar-refractivity contribution < 1.29 is 0 Å². The maximum Gasteiger partial charge on any atom is 0.230 e. The summed E-state index contributed by atoms with van der Waals surface area (Å²) in [6.45, 7) is 0. The molecule has 0 aliphatic carbocycles. The lowest BCUT2D eigenvalue weighted by molar-refractivity contribution is 1.06. The summed E-state index contributed by atoms with van der Waals surface area (Å²) in [5.41, 5.74) is 1.76.